The Morgan fingerprint density at radius 1 is 1.47 bits per heavy atom. The maximum atomic E-state index is 11.4. The van der Waals surface area contributed by atoms with Crippen LogP contribution < -0.4 is 14.8 Å². The Morgan fingerprint density at radius 3 is 2.95 bits per heavy atom. The highest BCUT2D eigenvalue weighted by molar-refractivity contribution is 7.23. The Labute approximate surface area is 118 Å². The van der Waals surface area contributed by atoms with E-state index in [2.05, 4.69) is 5.32 Å². The van der Waals surface area contributed by atoms with Gasteiger partial charge >= 0.3 is 6.09 Å². The molecule has 7 heteroatoms. The molecular weight excluding hydrogens is 290 g/mol. The number of carbonyl (C=O) groups excluding carboxylic acids is 1. The van der Waals surface area contributed by atoms with Gasteiger partial charge in [0.05, 0.1) is 11.6 Å². The summed E-state index contributed by atoms with van der Waals surface area (Å²) in [6.07, 6.45) is -0.518. The van der Waals surface area contributed by atoms with Gasteiger partial charge in [-0.2, -0.15) is 0 Å². The van der Waals surface area contributed by atoms with Gasteiger partial charge in [-0.05, 0) is 13.0 Å². The van der Waals surface area contributed by atoms with Gasteiger partial charge in [-0.25, -0.2) is 4.79 Å². The summed E-state index contributed by atoms with van der Waals surface area (Å²) in [6, 6.07) is 3.66. The molecule has 0 saturated heterocycles. The van der Waals surface area contributed by atoms with Crippen LogP contribution >= 0.6 is 22.9 Å². The minimum absolute atomic E-state index is 0.220. The lowest BCUT2D eigenvalue weighted by molar-refractivity contribution is 0.168. The van der Waals surface area contributed by atoms with Crippen LogP contribution in [0.25, 0.3) is 10.1 Å². The molecular formula is C12H10ClNO4S. The molecule has 1 aromatic carbocycles. The van der Waals surface area contributed by atoms with E-state index in [-0.39, 0.29) is 6.79 Å². The maximum absolute atomic E-state index is 11.4. The van der Waals surface area contributed by atoms with Crippen molar-refractivity contribution >= 4 is 44.1 Å². The molecule has 1 aliphatic heterocycles. The largest absolute Gasteiger partial charge is 0.454 e. The van der Waals surface area contributed by atoms with Crippen LogP contribution in [0, 0.1) is 0 Å². The van der Waals surface area contributed by atoms with Crippen molar-refractivity contribution < 1.29 is 19.0 Å². The molecule has 1 amide bonds. The number of hydrogen-bond donors (Lipinski definition) is 1. The quantitative estimate of drug-likeness (QED) is 0.915. The van der Waals surface area contributed by atoms with Gasteiger partial charge in [0.2, 0.25) is 6.79 Å². The molecule has 2 heterocycles. The second kappa shape index (κ2) is 4.79. The number of thiophene rings is 1. The Hall–Kier alpha value is -1.66. The molecule has 0 atom stereocenters. The number of carbonyl (C=O) groups is 1. The predicted molar refractivity (Wildman–Crippen MR) is 73.6 cm³/mol. The average molecular weight is 300 g/mol. The second-order valence-corrected chi connectivity index (χ2v) is 5.22. The predicted octanol–water partition coefficient (Wildman–Crippen LogP) is 3.85. The second-order valence-electron chi connectivity index (χ2n) is 3.79. The molecule has 0 saturated carbocycles. The summed E-state index contributed by atoms with van der Waals surface area (Å²) in [4.78, 5) is 11.4. The number of fused-ring (bicyclic) bond motifs is 2. The van der Waals surface area contributed by atoms with E-state index in [1.807, 2.05) is 12.1 Å². The van der Waals surface area contributed by atoms with Gasteiger partial charge in [-0.1, -0.05) is 11.6 Å². The highest BCUT2D eigenvalue weighted by Gasteiger charge is 2.19. The van der Waals surface area contributed by atoms with Crippen LogP contribution in [-0.2, 0) is 4.74 Å². The number of rotatable bonds is 2. The van der Waals surface area contributed by atoms with Gasteiger partial charge in [0.1, 0.15) is 5.00 Å². The first-order chi connectivity index (χ1) is 9.19. The smallest absolute Gasteiger partial charge is 0.412 e. The van der Waals surface area contributed by atoms with Crippen molar-refractivity contribution in [3.63, 3.8) is 0 Å². The third-order valence-electron chi connectivity index (χ3n) is 2.61. The van der Waals surface area contributed by atoms with Crippen LogP contribution in [0.4, 0.5) is 9.80 Å². The maximum Gasteiger partial charge on any atom is 0.412 e. The summed E-state index contributed by atoms with van der Waals surface area (Å²) < 4.78 is 16.3. The van der Waals surface area contributed by atoms with E-state index in [1.54, 1.807) is 6.92 Å². The number of nitrogens with one attached hydrogen (secondary N) is 1. The van der Waals surface area contributed by atoms with Crippen molar-refractivity contribution in [1.82, 2.24) is 0 Å². The van der Waals surface area contributed by atoms with Crippen LogP contribution in [0.3, 0.4) is 0 Å². The molecule has 0 unspecified atom stereocenters. The van der Waals surface area contributed by atoms with Crippen LogP contribution in [0.15, 0.2) is 12.1 Å². The fourth-order valence-electron chi connectivity index (χ4n) is 1.80. The molecule has 0 radical (unpaired) electrons. The van der Waals surface area contributed by atoms with E-state index >= 15 is 0 Å². The zero-order chi connectivity index (χ0) is 13.4. The first-order valence-electron chi connectivity index (χ1n) is 5.64. The van der Waals surface area contributed by atoms with Crippen molar-refractivity contribution in [1.29, 1.82) is 0 Å². The summed E-state index contributed by atoms with van der Waals surface area (Å²) in [6.45, 7) is 2.27. The highest BCUT2D eigenvalue weighted by atomic mass is 35.5. The van der Waals surface area contributed by atoms with Crippen LogP contribution in [0.2, 0.25) is 5.02 Å². The van der Waals surface area contributed by atoms with E-state index in [4.69, 9.17) is 25.8 Å². The Bertz CT molecular complexity index is 655. The van der Waals surface area contributed by atoms with Crippen LogP contribution in [0.1, 0.15) is 6.92 Å². The number of amides is 1. The Balaban J connectivity index is 1.99. The minimum Gasteiger partial charge on any atom is -0.454 e. The molecule has 0 fully saturated rings. The molecule has 19 heavy (non-hydrogen) atoms. The highest BCUT2D eigenvalue weighted by Crippen LogP contribution is 2.45. The summed E-state index contributed by atoms with van der Waals surface area (Å²) in [5, 5.41) is 4.47. The molecule has 100 valence electrons. The summed E-state index contributed by atoms with van der Waals surface area (Å²) in [5.41, 5.74) is 0. The lowest BCUT2D eigenvalue weighted by Gasteiger charge is -2.02. The van der Waals surface area contributed by atoms with Gasteiger partial charge in [-0.15, -0.1) is 11.3 Å². The van der Waals surface area contributed by atoms with E-state index < -0.39 is 6.09 Å². The number of anilines is 1. The lowest BCUT2D eigenvalue weighted by atomic mass is 10.2. The average Bonchev–Trinajstić information content (AvgIpc) is 2.93. The summed E-state index contributed by atoms with van der Waals surface area (Å²) in [5.74, 6) is 1.35. The fourth-order valence-corrected chi connectivity index (χ4v) is 3.16. The first-order valence-corrected chi connectivity index (χ1v) is 6.84. The van der Waals surface area contributed by atoms with E-state index in [1.165, 1.54) is 11.3 Å². The number of benzene rings is 1. The third-order valence-corrected chi connectivity index (χ3v) is 4.19. The fraction of sp³-hybridized carbons (Fsp3) is 0.250. The van der Waals surface area contributed by atoms with Crippen molar-refractivity contribution in [3.05, 3.63) is 17.2 Å². The Kier molecular flexibility index (Phi) is 3.12. The van der Waals surface area contributed by atoms with Gasteiger partial charge in [0, 0.05) is 16.2 Å². The molecule has 1 aromatic heterocycles. The molecule has 0 spiro atoms. The lowest BCUT2D eigenvalue weighted by Crippen LogP contribution is -2.12. The molecule has 3 rings (SSSR count). The molecule has 2 aromatic rings. The number of ether oxygens (including phenoxy) is 3. The van der Waals surface area contributed by atoms with E-state index in [9.17, 15) is 4.79 Å². The molecule has 1 N–H and O–H groups in total. The third kappa shape index (κ3) is 2.17. The minimum atomic E-state index is -0.518. The van der Waals surface area contributed by atoms with Gasteiger partial charge in [0.25, 0.3) is 0 Å². The molecule has 0 bridgehead atoms. The van der Waals surface area contributed by atoms with E-state index in [0.29, 0.717) is 28.1 Å². The zero-order valence-electron chi connectivity index (χ0n) is 9.99. The van der Waals surface area contributed by atoms with Crippen molar-refractivity contribution in [2.45, 2.75) is 6.92 Å². The number of hydrogen-bond acceptors (Lipinski definition) is 5. The molecule has 1 aliphatic rings. The molecule has 5 nitrogen and oxygen atoms in total. The number of halogens is 1. The van der Waals surface area contributed by atoms with Gasteiger partial charge in [0.15, 0.2) is 11.5 Å². The van der Waals surface area contributed by atoms with Crippen molar-refractivity contribution in [3.8, 4) is 11.5 Å². The topological polar surface area (TPSA) is 56.8 Å². The van der Waals surface area contributed by atoms with Crippen molar-refractivity contribution in [2.75, 3.05) is 18.7 Å². The van der Waals surface area contributed by atoms with Crippen LogP contribution in [-0.4, -0.2) is 19.5 Å². The SMILES string of the molecule is CCOC(=O)Nc1sc2cc3c(cc2c1Cl)OCO3. The monoisotopic (exact) mass is 299 g/mol. The first kappa shape index (κ1) is 12.4. The van der Waals surface area contributed by atoms with Crippen LogP contribution in [0.5, 0.6) is 11.5 Å². The Morgan fingerprint density at radius 2 is 2.21 bits per heavy atom. The van der Waals surface area contributed by atoms with Crippen molar-refractivity contribution in [2.24, 2.45) is 0 Å². The zero-order valence-corrected chi connectivity index (χ0v) is 11.6. The summed E-state index contributed by atoms with van der Waals surface area (Å²) >= 11 is 7.61. The van der Waals surface area contributed by atoms with E-state index in [0.717, 1.165) is 10.1 Å². The summed E-state index contributed by atoms with van der Waals surface area (Å²) in [7, 11) is 0. The molecule has 0 aliphatic carbocycles. The standard InChI is InChI=1S/C12H10ClNO4S/c1-2-16-12(15)14-11-10(13)6-3-7-8(18-5-17-7)4-9(6)19-11/h3-4H,2,5H2,1H3,(H,14,15). The normalized spacial score (nSPS) is 12.7. The van der Waals surface area contributed by atoms with Gasteiger partial charge < -0.3 is 14.2 Å². The van der Waals surface area contributed by atoms with Gasteiger partial charge in [-0.3, -0.25) is 5.32 Å².